The van der Waals surface area contributed by atoms with Gasteiger partial charge in [-0.3, -0.25) is 4.79 Å². The zero-order valence-corrected chi connectivity index (χ0v) is 12.9. The number of carbonyl (C=O) groups is 2. The molecule has 0 aromatic rings. The molecule has 6 nitrogen and oxygen atoms in total. The fraction of sp³-hybridized carbons (Fsp3) is 0.857. The van der Waals surface area contributed by atoms with Crippen LogP contribution < -0.4 is 5.32 Å². The van der Waals surface area contributed by atoms with Crippen LogP contribution in [0, 0.1) is 11.8 Å². The standard InChI is InChI=1S/C14H28N2O4/c1-5-11(6-2)16(7-8-17)14(20)15-9-12(10(3)4)13(18)19/h10-12,17H,5-9H2,1-4H3,(H,15,20)(H,18,19). The maximum Gasteiger partial charge on any atom is 0.317 e. The summed E-state index contributed by atoms with van der Waals surface area (Å²) in [6.45, 7) is 7.87. The molecule has 0 radical (unpaired) electrons. The first-order valence-corrected chi connectivity index (χ1v) is 7.27. The lowest BCUT2D eigenvalue weighted by atomic mass is 9.96. The van der Waals surface area contributed by atoms with E-state index in [9.17, 15) is 9.59 Å². The summed E-state index contributed by atoms with van der Waals surface area (Å²) in [4.78, 5) is 24.8. The minimum absolute atomic E-state index is 0.0489. The molecule has 1 unspecified atom stereocenters. The normalized spacial score (nSPS) is 12.6. The Morgan fingerprint density at radius 2 is 1.75 bits per heavy atom. The van der Waals surface area contributed by atoms with Gasteiger partial charge in [-0.2, -0.15) is 0 Å². The van der Waals surface area contributed by atoms with Crippen molar-refractivity contribution in [3.8, 4) is 0 Å². The van der Waals surface area contributed by atoms with Crippen LogP contribution in [0.4, 0.5) is 4.79 Å². The second-order valence-electron chi connectivity index (χ2n) is 5.26. The van der Waals surface area contributed by atoms with Crippen molar-refractivity contribution < 1.29 is 19.8 Å². The predicted molar refractivity (Wildman–Crippen MR) is 77.5 cm³/mol. The molecule has 1 atom stereocenters. The Bertz CT molecular complexity index is 304. The molecule has 0 aromatic heterocycles. The molecule has 20 heavy (non-hydrogen) atoms. The number of aliphatic hydroxyl groups excluding tert-OH is 1. The third-order valence-electron chi connectivity index (χ3n) is 3.58. The number of rotatable bonds is 9. The molecule has 0 bridgehead atoms. The van der Waals surface area contributed by atoms with Crippen LogP contribution in [-0.4, -0.2) is 52.9 Å². The van der Waals surface area contributed by atoms with Crippen molar-refractivity contribution in [2.75, 3.05) is 19.7 Å². The van der Waals surface area contributed by atoms with E-state index in [2.05, 4.69) is 5.32 Å². The van der Waals surface area contributed by atoms with Gasteiger partial charge in [0.15, 0.2) is 0 Å². The first kappa shape index (κ1) is 18.7. The van der Waals surface area contributed by atoms with Crippen LogP contribution in [0.2, 0.25) is 0 Å². The maximum absolute atomic E-state index is 12.2. The van der Waals surface area contributed by atoms with E-state index in [1.54, 1.807) is 4.90 Å². The lowest BCUT2D eigenvalue weighted by Crippen LogP contribution is -2.49. The van der Waals surface area contributed by atoms with Crippen molar-refractivity contribution in [2.24, 2.45) is 11.8 Å². The summed E-state index contributed by atoms with van der Waals surface area (Å²) < 4.78 is 0. The average molecular weight is 288 g/mol. The quantitative estimate of drug-likeness (QED) is 0.600. The molecule has 0 aromatic carbocycles. The Balaban J connectivity index is 4.63. The molecule has 118 valence electrons. The molecule has 0 aliphatic carbocycles. The molecular weight excluding hydrogens is 260 g/mol. The van der Waals surface area contributed by atoms with Crippen LogP contribution in [0.1, 0.15) is 40.5 Å². The molecule has 6 heteroatoms. The molecule has 0 aliphatic rings. The molecule has 0 saturated carbocycles. The molecule has 0 spiro atoms. The van der Waals surface area contributed by atoms with Crippen LogP contribution in [0.25, 0.3) is 0 Å². The third kappa shape index (κ3) is 5.77. The summed E-state index contributed by atoms with van der Waals surface area (Å²) in [5.41, 5.74) is 0. The number of aliphatic hydroxyl groups is 1. The molecule has 3 N–H and O–H groups in total. The topological polar surface area (TPSA) is 89.9 Å². The van der Waals surface area contributed by atoms with Crippen LogP contribution in [0.5, 0.6) is 0 Å². The largest absolute Gasteiger partial charge is 0.481 e. The second kappa shape index (κ2) is 9.58. The lowest BCUT2D eigenvalue weighted by Gasteiger charge is -2.30. The SMILES string of the molecule is CCC(CC)N(CCO)C(=O)NCC(C(=O)O)C(C)C. The number of hydrogen-bond acceptors (Lipinski definition) is 3. The van der Waals surface area contributed by atoms with E-state index in [0.29, 0.717) is 0 Å². The number of carboxylic acids is 1. The Morgan fingerprint density at radius 3 is 2.10 bits per heavy atom. The Kier molecular flexibility index (Phi) is 8.96. The number of nitrogens with one attached hydrogen (secondary N) is 1. The minimum Gasteiger partial charge on any atom is -0.481 e. The first-order chi connectivity index (χ1) is 9.38. The van der Waals surface area contributed by atoms with Crippen LogP contribution in [0.3, 0.4) is 0 Å². The van der Waals surface area contributed by atoms with Gasteiger partial charge in [-0.15, -0.1) is 0 Å². The average Bonchev–Trinajstić information content (AvgIpc) is 2.38. The van der Waals surface area contributed by atoms with Gasteiger partial charge >= 0.3 is 12.0 Å². The summed E-state index contributed by atoms with van der Waals surface area (Å²) in [6, 6.07) is -0.246. The van der Waals surface area contributed by atoms with Crippen molar-refractivity contribution in [3.63, 3.8) is 0 Å². The summed E-state index contributed by atoms with van der Waals surface area (Å²) >= 11 is 0. The Hall–Kier alpha value is -1.30. The monoisotopic (exact) mass is 288 g/mol. The van der Waals surface area contributed by atoms with Crippen LogP contribution in [0.15, 0.2) is 0 Å². The molecule has 0 aliphatic heterocycles. The summed E-state index contributed by atoms with van der Waals surface area (Å²) in [7, 11) is 0. The highest BCUT2D eigenvalue weighted by molar-refractivity contribution is 5.76. The highest BCUT2D eigenvalue weighted by Gasteiger charge is 2.25. The zero-order chi connectivity index (χ0) is 15.7. The number of aliphatic carboxylic acids is 1. The fourth-order valence-electron chi connectivity index (χ4n) is 2.19. The van der Waals surface area contributed by atoms with Crippen molar-refractivity contribution in [1.82, 2.24) is 10.2 Å². The highest BCUT2D eigenvalue weighted by atomic mass is 16.4. The van der Waals surface area contributed by atoms with Gasteiger partial charge in [0.2, 0.25) is 0 Å². The van der Waals surface area contributed by atoms with Crippen molar-refractivity contribution >= 4 is 12.0 Å². The second-order valence-corrected chi connectivity index (χ2v) is 5.26. The number of amides is 2. The number of carboxylic acid groups (broad SMARTS) is 1. The van der Waals surface area contributed by atoms with Crippen LogP contribution in [-0.2, 0) is 4.79 Å². The number of hydrogen-bond donors (Lipinski definition) is 3. The number of nitrogens with zero attached hydrogens (tertiary/aromatic N) is 1. The summed E-state index contributed by atoms with van der Waals surface area (Å²) in [6.07, 6.45) is 1.60. The van der Waals surface area contributed by atoms with Gasteiger partial charge in [0, 0.05) is 19.1 Å². The van der Waals surface area contributed by atoms with E-state index >= 15 is 0 Å². The molecule has 2 amide bonds. The maximum atomic E-state index is 12.2. The van der Waals surface area contributed by atoms with Gasteiger partial charge in [-0.1, -0.05) is 27.7 Å². The van der Waals surface area contributed by atoms with Gasteiger partial charge in [0.25, 0.3) is 0 Å². The molecular formula is C14H28N2O4. The molecule has 0 heterocycles. The first-order valence-electron chi connectivity index (χ1n) is 7.27. The van der Waals surface area contributed by atoms with Gasteiger partial charge in [0.05, 0.1) is 12.5 Å². The van der Waals surface area contributed by atoms with E-state index in [4.69, 9.17) is 10.2 Å². The van der Waals surface area contributed by atoms with Gasteiger partial charge in [-0.05, 0) is 18.8 Å². The Labute approximate surface area is 121 Å². The molecule has 0 rings (SSSR count). The Morgan fingerprint density at radius 1 is 1.20 bits per heavy atom. The van der Waals surface area contributed by atoms with E-state index in [-0.39, 0.29) is 37.7 Å². The van der Waals surface area contributed by atoms with Gasteiger partial charge < -0.3 is 20.4 Å². The smallest absolute Gasteiger partial charge is 0.317 e. The van der Waals surface area contributed by atoms with Gasteiger partial charge in [0.1, 0.15) is 0 Å². The van der Waals surface area contributed by atoms with Crippen molar-refractivity contribution in [2.45, 2.75) is 46.6 Å². The predicted octanol–water partition coefficient (Wildman–Crippen LogP) is 1.54. The summed E-state index contributed by atoms with van der Waals surface area (Å²) in [5.74, 6) is -1.56. The van der Waals surface area contributed by atoms with Crippen molar-refractivity contribution in [1.29, 1.82) is 0 Å². The molecule has 0 fully saturated rings. The van der Waals surface area contributed by atoms with Gasteiger partial charge in [-0.25, -0.2) is 4.79 Å². The van der Waals surface area contributed by atoms with Crippen LogP contribution >= 0.6 is 0 Å². The lowest BCUT2D eigenvalue weighted by molar-refractivity contribution is -0.142. The van der Waals surface area contributed by atoms with E-state index < -0.39 is 11.9 Å². The zero-order valence-electron chi connectivity index (χ0n) is 12.9. The molecule has 0 saturated heterocycles. The van der Waals surface area contributed by atoms with E-state index in [1.165, 1.54) is 0 Å². The summed E-state index contributed by atoms with van der Waals surface area (Å²) in [5, 5.41) is 20.8. The minimum atomic E-state index is -0.906. The van der Waals surface area contributed by atoms with E-state index in [0.717, 1.165) is 12.8 Å². The van der Waals surface area contributed by atoms with E-state index in [1.807, 2.05) is 27.7 Å². The highest BCUT2D eigenvalue weighted by Crippen LogP contribution is 2.12. The number of carbonyl (C=O) groups excluding carboxylic acids is 1. The number of urea groups is 1. The fourth-order valence-corrected chi connectivity index (χ4v) is 2.19. The van der Waals surface area contributed by atoms with Crippen molar-refractivity contribution in [3.05, 3.63) is 0 Å². The third-order valence-corrected chi connectivity index (χ3v) is 3.58.